The third-order valence-corrected chi connectivity index (χ3v) is 2.62. The lowest BCUT2D eigenvalue weighted by molar-refractivity contribution is -0.384. The molecular formula is C14H15N3O4. The molecule has 7 nitrogen and oxygen atoms in total. The Morgan fingerprint density at radius 1 is 1.52 bits per heavy atom. The highest BCUT2D eigenvalue weighted by Gasteiger charge is 2.15. The predicted octanol–water partition coefficient (Wildman–Crippen LogP) is 2.13. The Morgan fingerprint density at radius 2 is 2.19 bits per heavy atom. The largest absolute Gasteiger partial charge is 0.462 e. The van der Waals surface area contributed by atoms with Crippen molar-refractivity contribution in [1.82, 2.24) is 0 Å². The highest BCUT2D eigenvalue weighted by molar-refractivity contribution is 5.98. The number of hydrogen-bond donors (Lipinski definition) is 0. The number of ether oxygens (including phenoxy) is 1. The van der Waals surface area contributed by atoms with Gasteiger partial charge in [0.2, 0.25) is 0 Å². The molecule has 0 heterocycles. The number of nitrogens with zero attached hydrogens (tertiary/aromatic N) is 3. The summed E-state index contributed by atoms with van der Waals surface area (Å²) in [6, 6.07) is 5.98. The first-order valence-corrected chi connectivity index (χ1v) is 6.15. The van der Waals surface area contributed by atoms with Crippen molar-refractivity contribution in [3.63, 3.8) is 0 Å². The van der Waals surface area contributed by atoms with E-state index >= 15 is 0 Å². The lowest BCUT2D eigenvalue weighted by Gasteiger charge is -2.15. The van der Waals surface area contributed by atoms with Gasteiger partial charge in [-0.1, -0.05) is 0 Å². The van der Waals surface area contributed by atoms with Gasteiger partial charge >= 0.3 is 5.97 Å². The van der Waals surface area contributed by atoms with E-state index in [0.717, 1.165) is 0 Å². The van der Waals surface area contributed by atoms with E-state index in [0.29, 0.717) is 11.3 Å². The summed E-state index contributed by atoms with van der Waals surface area (Å²) in [5.41, 5.74) is 0.727. The first-order valence-electron chi connectivity index (χ1n) is 6.15. The van der Waals surface area contributed by atoms with Crippen LogP contribution >= 0.6 is 0 Å². The molecular weight excluding hydrogens is 274 g/mol. The molecule has 0 atom stereocenters. The first kappa shape index (κ1) is 16.2. The molecule has 21 heavy (non-hydrogen) atoms. The average molecular weight is 289 g/mol. The molecule has 0 fully saturated rings. The highest BCUT2D eigenvalue weighted by Crippen LogP contribution is 2.26. The number of rotatable bonds is 5. The zero-order valence-corrected chi connectivity index (χ0v) is 12.0. The van der Waals surface area contributed by atoms with Crippen LogP contribution in [0.2, 0.25) is 0 Å². The maximum absolute atomic E-state index is 11.6. The van der Waals surface area contributed by atoms with Crippen LogP contribution in [0.25, 0.3) is 6.08 Å². The normalized spacial score (nSPS) is 10.7. The van der Waals surface area contributed by atoms with E-state index in [4.69, 9.17) is 10.00 Å². The molecule has 7 heteroatoms. The molecule has 0 N–H and O–H groups in total. The van der Waals surface area contributed by atoms with Crippen molar-refractivity contribution < 1.29 is 14.5 Å². The van der Waals surface area contributed by atoms with Crippen LogP contribution in [0.1, 0.15) is 12.5 Å². The second-order valence-electron chi connectivity index (χ2n) is 4.28. The van der Waals surface area contributed by atoms with E-state index in [1.54, 1.807) is 38.1 Å². The lowest BCUT2D eigenvalue weighted by Crippen LogP contribution is -2.11. The van der Waals surface area contributed by atoms with Gasteiger partial charge in [0.05, 0.1) is 11.5 Å². The monoisotopic (exact) mass is 289 g/mol. The second kappa shape index (κ2) is 7.05. The molecule has 110 valence electrons. The van der Waals surface area contributed by atoms with Gasteiger partial charge in [0, 0.05) is 37.5 Å². The van der Waals surface area contributed by atoms with Crippen molar-refractivity contribution in [2.24, 2.45) is 0 Å². The number of non-ortho nitro benzene ring substituents is 1. The van der Waals surface area contributed by atoms with Gasteiger partial charge in [0.15, 0.2) is 0 Å². The number of nitro groups is 1. The molecule has 0 aromatic heterocycles. The third-order valence-electron chi connectivity index (χ3n) is 2.62. The van der Waals surface area contributed by atoms with E-state index < -0.39 is 10.9 Å². The summed E-state index contributed by atoms with van der Waals surface area (Å²) in [6.45, 7) is 1.78. The van der Waals surface area contributed by atoms with Crippen LogP contribution in [-0.2, 0) is 9.53 Å². The lowest BCUT2D eigenvalue weighted by atomic mass is 10.1. The minimum atomic E-state index is -0.754. The summed E-state index contributed by atoms with van der Waals surface area (Å²) >= 11 is 0. The minimum absolute atomic E-state index is 0.118. The van der Waals surface area contributed by atoms with E-state index in [9.17, 15) is 14.9 Å². The van der Waals surface area contributed by atoms with Crippen LogP contribution in [0.5, 0.6) is 0 Å². The Labute approximate surface area is 122 Å². The molecule has 0 saturated heterocycles. The molecule has 0 aliphatic rings. The number of hydrogen-bond acceptors (Lipinski definition) is 6. The summed E-state index contributed by atoms with van der Waals surface area (Å²) in [4.78, 5) is 23.7. The Hall–Kier alpha value is -2.88. The second-order valence-corrected chi connectivity index (χ2v) is 4.28. The molecule has 0 saturated carbocycles. The molecule has 1 aromatic carbocycles. The predicted molar refractivity (Wildman–Crippen MR) is 77.6 cm³/mol. The molecule has 0 radical (unpaired) electrons. The molecule has 0 amide bonds. The number of esters is 1. The molecule has 0 spiro atoms. The van der Waals surface area contributed by atoms with E-state index in [1.165, 1.54) is 18.2 Å². The van der Waals surface area contributed by atoms with Gasteiger partial charge in [-0.2, -0.15) is 5.26 Å². The number of anilines is 1. The van der Waals surface area contributed by atoms with Crippen molar-refractivity contribution in [3.8, 4) is 6.07 Å². The molecule has 1 aromatic rings. The minimum Gasteiger partial charge on any atom is -0.462 e. The van der Waals surface area contributed by atoms with E-state index in [1.807, 2.05) is 0 Å². The van der Waals surface area contributed by atoms with Crippen LogP contribution < -0.4 is 4.90 Å². The van der Waals surface area contributed by atoms with Crippen molar-refractivity contribution in [1.29, 1.82) is 5.26 Å². The third kappa shape index (κ3) is 4.04. The summed E-state index contributed by atoms with van der Waals surface area (Å²) in [6.07, 6.45) is 1.29. The Morgan fingerprint density at radius 3 is 2.67 bits per heavy atom. The van der Waals surface area contributed by atoms with E-state index in [2.05, 4.69) is 0 Å². The van der Waals surface area contributed by atoms with Gasteiger partial charge in [-0.05, 0) is 19.1 Å². The maximum atomic E-state index is 11.6. The fourth-order valence-electron chi connectivity index (χ4n) is 1.68. The van der Waals surface area contributed by atoms with E-state index in [-0.39, 0.29) is 17.9 Å². The first-order chi connectivity index (χ1) is 9.90. The van der Waals surface area contributed by atoms with Gasteiger partial charge in [-0.25, -0.2) is 4.79 Å². The van der Waals surface area contributed by atoms with Crippen molar-refractivity contribution in [2.75, 3.05) is 25.6 Å². The SMILES string of the molecule is CCOC(=O)/C(C#N)=C/c1cc([N+](=O)[O-])ccc1N(C)C. The fraction of sp³-hybridized carbons (Fsp3) is 0.286. The topological polar surface area (TPSA) is 96.5 Å². The fourth-order valence-corrected chi connectivity index (χ4v) is 1.68. The Balaban J connectivity index is 3.38. The van der Waals surface area contributed by atoms with Crippen molar-refractivity contribution in [2.45, 2.75) is 6.92 Å². The smallest absolute Gasteiger partial charge is 0.348 e. The zero-order valence-electron chi connectivity index (χ0n) is 12.0. The number of nitriles is 1. The average Bonchev–Trinajstić information content (AvgIpc) is 2.44. The molecule has 0 aliphatic carbocycles. The number of carbonyl (C=O) groups excluding carboxylic acids is 1. The number of carbonyl (C=O) groups is 1. The highest BCUT2D eigenvalue weighted by atomic mass is 16.6. The summed E-state index contributed by atoms with van der Waals surface area (Å²) in [5.74, 6) is -0.754. The standard InChI is InChI=1S/C14H15N3O4/c1-4-21-14(18)11(9-15)7-10-8-12(17(19)20)5-6-13(10)16(2)3/h5-8H,4H2,1-3H3/b11-7+. The Bertz CT molecular complexity index is 630. The van der Waals surface area contributed by atoms with Crippen LogP contribution in [0, 0.1) is 21.4 Å². The summed E-state index contributed by atoms with van der Waals surface area (Å²) < 4.78 is 4.77. The van der Waals surface area contributed by atoms with Gasteiger partial charge in [0.1, 0.15) is 11.6 Å². The van der Waals surface area contributed by atoms with Crippen LogP contribution in [0.3, 0.4) is 0 Å². The quantitative estimate of drug-likeness (QED) is 0.271. The van der Waals surface area contributed by atoms with Crippen molar-refractivity contribution >= 4 is 23.4 Å². The molecule has 0 unspecified atom stereocenters. The molecule has 0 bridgehead atoms. The molecule has 1 rings (SSSR count). The number of nitro benzene ring substituents is 1. The van der Waals surface area contributed by atoms with Crippen LogP contribution in [0.4, 0.5) is 11.4 Å². The molecule has 0 aliphatic heterocycles. The van der Waals surface area contributed by atoms with Gasteiger partial charge < -0.3 is 9.64 Å². The van der Waals surface area contributed by atoms with Crippen LogP contribution in [0.15, 0.2) is 23.8 Å². The van der Waals surface area contributed by atoms with Gasteiger partial charge in [0.25, 0.3) is 5.69 Å². The summed E-state index contributed by atoms with van der Waals surface area (Å²) in [7, 11) is 3.52. The van der Waals surface area contributed by atoms with Crippen molar-refractivity contribution in [3.05, 3.63) is 39.4 Å². The summed E-state index contributed by atoms with van der Waals surface area (Å²) in [5, 5.41) is 19.9. The Kier molecular flexibility index (Phi) is 5.43. The van der Waals surface area contributed by atoms with Gasteiger partial charge in [-0.3, -0.25) is 10.1 Å². The number of benzene rings is 1. The maximum Gasteiger partial charge on any atom is 0.348 e. The van der Waals surface area contributed by atoms with Gasteiger partial charge in [-0.15, -0.1) is 0 Å². The zero-order chi connectivity index (χ0) is 16.0. The van der Waals surface area contributed by atoms with Crippen LogP contribution in [-0.4, -0.2) is 31.6 Å².